The molecule has 3 heterocycles. The third-order valence-corrected chi connectivity index (χ3v) is 5.45. The molecule has 160 valence electrons. The molecule has 2 fully saturated rings. The second-order valence-corrected chi connectivity index (χ2v) is 8.92. The van der Waals surface area contributed by atoms with E-state index in [1.807, 2.05) is 49.9 Å². The van der Waals surface area contributed by atoms with Gasteiger partial charge >= 0.3 is 6.09 Å². The summed E-state index contributed by atoms with van der Waals surface area (Å²) in [4.78, 5) is 32.8. The fourth-order valence-electron chi connectivity index (χ4n) is 3.65. The molecule has 4 rings (SSSR count). The van der Waals surface area contributed by atoms with E-state index in [1.165, 1.54) is 0 Å². The molecule has 2 aliphatic rings. The lowest BCUT2D eigenvalue weighted by Crippen LogP contribution is -2.42. The van der Waals surface area contributed by atoms with E-state index in [2.05, 4.69) is 10.1 Å². The number of ether oxygens (including phenoxy) is 1. The van der Waals surface area contributed by atoms with Crippen LogP contribution in [0.15, 0.2) is 28.8 Å². The zero-order valence-corrected chi connectivity index (χ0v) is 17.8. The summed E-state index contributed by atoms with van der Waals surface area (Å²) in [5.41, 5.74) is 0.910. The summed E-state index contributed by atoms with van der Waals surface area (Å²) in [5, 5.41) is 4.13. The van der Waals surface area contributed by atoms with E-state index in [0.29, 0.717) is 30.4 Å². The van der Waals surface area contributed by atoms with Gasteiger partial charge in [0.15, 0.2) is 0 Å². The van der Waals surface area contributed by atoms with Crippen LogP contribution in [0.2, 0.25) is 0 Å². The van der Waals surface area contributed by atoms with Gasteiger partial charge in [0.2, 0.25) is 11.7 Å². The van der Waals surface area contributed by atoms with Gasteiger partial charge in [0.25, 0.3) is 5.91 Å². The largest absolute Gasteiger partial charge is 0.444 e. The van der Waals surface area contributed by atoms with Crippen LogP contribution in [0.3, 0.4) is 0 Å². The van der Waals surface area contributed by atoms with Gasteiger partial charge in [0.05, 0.1) is 0 Å². The van der Waals surface area contributed by atoms with Gasteiger partial charge in [-0.05, 0) is 52.2 Å². The summed E-state index contributed by atoms with van der Waals surface area (Å²) in [6, 6.07) is 7.36. The molecule has 0 radical (unpaired) electrons. The number of hydrogen-bond donors (Lipinski definition) is 0. The lowest BCUT2D eigenvalue weighted by atomic mass is 9.97. The second-order valence-electron chi connectivity index (χ2n) is 8.92. The fraction of sp³-hybridized carbons (Fsp3) is 0.545. The molecule has 0 spiro atoms. The first-order chi connectivity index (χ1) is 14.3. The molecule has 0 N–H and O–H groups in total. The molecule has 0 bridgehead atoms. The molecule has 0 aliphatic carbocycles. The molecule has 2 aromatic rings. The molecule has 2 aliphatic heterocycles. The van der Waals surface area contributed by atoms with Gasteiger partial charge < -0.3 is 19.1 Å². The standard InChI is InChI=1S/C22H28N4O4/c1-22(2,3)29-21(28)26-12-8-15(9-13-26)19-23-18(24-30-19)16-6-4-7-17(14-16)20(27)25-10-5-11-25/h4,6-7,14-15H,5,8-13H2,1-3H3. The summed E-state index contributed by atoms with van der Waals surface area (Å²) >= 11 is 0. The third kappa shape index (κ3) is 4.47. The maximum absolute atomic E-state index is 12.5. The number of carbonyl (C=O) groups is 2. The van der Waals surface area contributed by atoms with Gasteiger partial charge in [-0.15, -0.1) is 0 Å². The number of piperidine rings is 1. The average molecular weight is 412 g/mol. The number of aromatic nitrogens is 2. The summed E-state index contributed by atoms with van der Waals surface area (Å²) < 4.78 is 11.0. The number of likely N-dealkylation sites (tertiary alicyclic amines) is 2. The van der Waals surface area contributed by atoms with Crippen LogP contribution in [0.25, 0.3) is 11.4 Å². The minimum atomic E-state index is -0.499. The van der Waals surface area contributed by atoms with Gasteiger partial charge in [0.1, 0.15) is 5.60 Å². The summed E-state index contributed by atoms with van der Waals surface area (Å²) in [7, 11) is 0. The van der Waals surface area contributed by atoms with Crippen molar-refractivity contribution in [2.75, 3.05) is 26.2 Å². The number of hydrogen-bond acceptors (Lipinski definition) is 6. The normalized spacial score (nSPS) is 17.6. The molecule has 2 saturated heterocycles. The van der Waals surface area contributed by atoms with E-state index in [9.17, 15) is 9.59 Å². The first-order valence-corrected chi connectivity index (χ1v) is 10.5. The molecule has 8 heteroatoms. The van der Waals surface area contributed by atoms with Gasteiger partial charge in [-0.3, -0.25) is 4.79 Å². The Kier molecular flexibility index (Phi) is 5.49. The minimum Gasteiger partial charge on any atom is -0.444 e. The van der Waals surface area contributed by atoms with Gasteiger partial charge in [0, 0.05) is 43.2 Å². The zero-order valence-electron chi connectivity index (χ0n) is 17.8. The molecular weight excluding hydrogens is 384 g/mol. The van der Waals surface area contributed by atoms with Crippen LogP contribution >= 0.6 is 0 Å². The Morgan fingerprint density at radius 2 is 1.83 bits per heavy atom. The van der Waals surface area contributed by atoms with Crippen LogP contribution < -0.4 is 0 Å². The Hall–Kier alpha value is -2.90. The summed E-state index contributed by atoms with van der Waals surface area (Å²) in [6.07, 6.45) is 2.27. The first-order valence-electron chi connectivity index (χ1n) is 10.5. The SMILES string of the molecule is CC(C)(C)OC(=O)N1CCC(c2nc(-c3cccc(C(=O)N4CCC4)c3)no2)CC1. The topological polar surface area (TPSA) is 88.8 Å². The Morgan fingerprint density at radius 1 is 1.10 bits per heavy atom. The highest BCUT2D eigenvalue weighted by Crippen LogP contribution is 2.29. The molecular formula is C22H28N4O4. The van der Waals surface area contributed by atoms with Crippen LogP contribution in [0.5, 0.6) is 0 Å². The molecule has 1 aromatic carbocycles. The first kappa shape index (κ1) is 20.4. The number of nitrogens with zero attached hydrogens (tertiary/aromatic N) is 4. The predicted octanol–water partition coefficient (Wildman–Crippen LogP) is 3.70. The van der Waals surface area contributed by atoms with Crippen LogP contribution in [-0.2, 0) is 4.74 Å². The van der Waals surface area contributed by atoms with Crippen LogP contribution in [0.4, 0.5) is 4.79 Å². The summed E-state index contributed by atoms with van der Waals surface area (Å²) in [5.74, 6) is 1.21. The quantitative estimate of drug-likeness (QED) is 0.764. The average Bonchev–Trinajstić information content (AvgIpc) is 3.16. The highest BCUT2D eigenvalue weighted by Gasteiger charge is 2.30. The lowest BCUT2D eigenvalue weighted by Gasteiger charge is -2.32. The molecule has 1 aromatic heterocycles. The van der Waals surface area contributed by atoms with Gasteiger partial charge in [-0.1, -0.05) is 17.3 Å². The second kappa shape index (κ2) is 8.08. The van der Waals surface area contributed by atoms with Crippen molar-refractivity contribution in [1.82, 2.24) is 19.9 Å². The molecule has 0 unspecified atom stereocenters. The van der Waals surface area contributed by atoms with Crippen LogP contribution in [-0.4, -0.2) is 63.7 Å². The smallest absolute Gasteiger partial charge is 0.410 e. The van der Waals surface area contributed by atoms with Crippen molar-refractivity contribution in [3.8, 4) is 11.4 Å². The summed E-state index contributed by atoms with van der Waals surface area (Å²) in [6.45, 7) is 8.42. The fourth-order valence-corrected chi connectivity index (χ4v) is 3.65. The van der Waals surface area contributed by atoms with E-state index in [0.717, 1.165) is 37.9 Å². The Morgan fingerprint density at radius 3 is 2.47 bits per heavy atom. The highest BCUT2D eigenvalue weighted by atomic mass is 16.6. The minimum absolute atomic E-state index is 0.0429. The molecule has 8 nitrogen and oxygen atoms in total. The molecule has 0 saturated carbocycles. The van der Waals surface area contributed by atoms with E-state index in [4.69, 9.17) is 9.26 Å². The predicted molar refractivity (Wildman–Crippen MR) is 110 cm³/mol. The Bertz CT molecular complexity index is 921. The van der Waals surface area contributed by atoms with Gasteiger partial charge in [-0.2, -0.15) is 4.98 Å². The molecule has 0 atom stereocenters. The van der Waals surface area contributed by atoms with E-state index >= 15 is 0 Å². The monoisotopic (exact) mass is 412 g/mol. The van der Waals surface area contributed by atoms with Crippen molar-refractivity contribution in [3.05, 3.63) is 35.7 Å². The van der Waals surface area contributed by atoms with E-state index in [-0.39, 0.29) is 17.9 Å². The Balaban J connectivity index is 1.39. The number of benzene rings is 1. The maximum Gasteiger partial charge on any atom is 0.410 e. The van der Waals surface area contributed by atoms with Crippen molar-refractivity contribution in [1.29, 1.82) is 0 Å². The lowest BCUT2D eigenvalue weighted by molar-refractivity contribution is 0.0198. The van der Waals surface area contributed by atoms with Crippen molar-refractivity contribution >= 4 is 12.0 Å². The molecule has 30 heavy (non-hydrogen) atoms. The Labute approximate surface area is 176 Å². The maximum atomic E-state index is 12.5. The highest BCUT2D eigenvalue weighted by molar-refractivity contribution is 5.95. The molecule has 2 amide bonds. The van der Waals surface area contributed by atoms with E-state index in [1.54, 1.807) is 4.90 Å². The van der Waals surface area contributed by atoms with Crippen LogP contribution in [0, 0.1) is 0 Å². The van der Waals surface area contributed by atoms with Crippen LogP contribution in [0.1, 0.15) is 62.2 Å². The number of amides is 2. The third-order valence-electron chi connectivity index (χ3n) is 5.45. The van der Waals surface area contributed by atoms with Crippen molar-refractivity contribution in [2.45, 2.75) is 51.6 Å². The van der Waals surface area contributed by atoms with E-state index < -0.39 is 5.60 Å². The van der Waals surface area contributed by atoms with Gasteiger partial charge in [-0.25, -0.2) is 4.79 Å². The van der Waals surface area contributed by atoms with Crippen molar-refractivity contribution < 1.29 is 18.8 Å². The van der Waals surface area contributed by atoms with Crippen molar-refractivity contribution in [3.63, 3.8) is 0 Å². The number of carbonyl (C=O) groups excluding carboxylic acids is 2. The number of rotatable bonds is 3. The van der Waals surface area contributed by atoms with Crippen molar-refractivity contribution in [2.24, 2.45) is 0 Å². The zero-order chi connectivity index (χ0) is 21.3.